The Morgan fingerprint density at radius 3 is 2.43 bits per heavy atom. The third-order valence-electron chi connectivity index (χ3n) is 2.39. The van der Waals surface area contributed by atoms with Crippen molar-refractivity contribution in [2.45, 2.75) is 32.7 Å². The van der Waals surface area contributed by atoms with Crippen LogP contribution in [0.1, 0.15) is 38.3 Å². The molecule has 0 bridgehead atoms. The monoisotopic (exact) mass is 193 g/mol. The molecule has 0 unspecified atom stereocenters. The fraction of sp³-hybridized carbons (Fsp3) is 0.500. The number of hydrogen-bond donors (Lipinski definition) is 2. The quantitative estimate of drug-likeness (QED) is 0.772. The van der Waals surface area contributed by atoms with Crippen molar-refractivity contribution in [2.24, 2.45) is 11.7 Å². The lowest BCUT2D eigenvalue weighted by Crippen LogP contribution is -2.11. The van der Waals surface area contributed by atoms with Gasteiger partial charge in [0.25, 0.3) is 0 Å². The van der Waals surface area contributed by atoms with Gasteiger partial charge in [0, 0.05) is 11.6 Å². The fourth-order valence-corrected chi connectivity index (χ4v) is 1.47. The summed E-state index contributed by atoms with van der Waals surface area (Å²) >= 11 is 0. The number of para-hydroxylation sites is 1. The Balaban J connectivity index is 2.60. The molecule has 0 aliphatic rings. The van der Waals surface area contributed by atoms with Gasteiger partial charge in [0.1, 0.15) is 5.75 Å². The normalized spacial score (nSPS) is 13.1. The van der Waals surface area contributed by atoms with Crippen LogP contribution in [-0.2, 0) is 0 Å². The van der Waals surface area contributed by atoms with Crippen LogP contribution in [0.2, 0.25) is 0 Å². The third-order valence-corrected chi connectivity index (χ3v) is 2.39. The van der Waals surface area contributed by atoms with Crippen molar-refractivity contribution in [1.29, 1.82) is 0 Å². The molecule has 0 spiro atoms. The molecule has 1 aromatic carbocycles. The van der Waals surface area contributed by atoms with E-state index in [1.54, 1.807) is 6.07 Å². The van der Waals surface area contributed by atoms with Crippen LogP contribution in [0.4, 0.5) is 0 Å². The van der Waals surface area contributed by atoms with Crippen LogP contribution < -0.4 is 5.73 Å². The predicted molar refractivity (Wildman–Crippen MR) is 59.1 cm³/mol. The topological polar surface area (TPSA) is 46.2 Å². The first kappa shape index (κ1) is 11.1. The molecule has 0 amide bonds. The van der Waals surface area contributed by atoms with Crippen molar-refractivity contribution < 1.29 is 5.11 Å². The maximum atomic E-state index is 9.57. The van der Waals surface area contributed by atoms with Crippen LogP contribution in [0.5, 0.6) is 5.75 Å². The summed E-state index contributed by atoms with van der Waals surface area (Å²) in [6.07, 6.45) is 2.02. The molecule has 78 valence electrons. The van der Waals surface area contributed by atoms with Gasteiger partial charge in [0.2, 0.25) is 0 Å². The Hall–Kier alpha value is -1.02. The van der Waals surface area contributed by atoms with Crippen molar-refractivity contribution in [3.63, 3.8) is 0 Å². The van der Waals surface area contributed by atoms with E-state index in [9.17, 15) is 5.11 Å². The van der Waals surface area contributed by atoms with E-state index in [1.807, 2.05) is 18.2 Å². The number of aromatic hydroxyl groups is 1. The highest BCUT2D eigenvalue weighted by atomic mass is 16.3. The van der Waals surface area contributed by atoms with Crippen LogP contribution in [0.3, 0.4) is 0 Å². The molecule has 14 heavy (non-hydrogen) atoms. The first-order valence-corrected chi connectivity index (χ1v) is 5.14. The van der Waals surface area contributed by atoms with E-state index >= 15 is 0 Å². The van der Waals surface area contributed by atoms with Crippen molar-refractivity contribution >= 4 is 0 Å². The summed E-state index contributed by atoms with van der Waals surface area (Å²) in [5.74, 6) is 0.968. The Morgan fingerprint density at radius 2 is 1.86 bits per heavy atom. The number of phenolic OH excluding ortho intramolecular Hbond substituents is 1. The fourth-order valence-electron chi connectivity index (χ4n) is 1.47. The molecular formula is C12H19NO. The second kappa shape index (κ2) is 5.01. The van der Waals surface area contributed by atoms with Gasteiger partial charge in [-0.2, -0.15) is 0 Å². The summed E-state index contributed by atoms with van der Waals surface area (Å²) in [7, 11) is 0. The van der Waals surface area contributed by atoms with Crippen LogP contribution in [0, 0.1) is 5.92 Å². The number of nitrogens with two attached hydrogens (primary N) is 1. The first-order valence-electron chi connectivity index (χ1n) is 5.14. The summed E-state index contributed by atoms with van der Waals surface area (Å²) in [6, 6.07) is 7.25. The number of rotatable bonds is 4. The maximum Gasteiger partial charge on any atom is 0.120 e. The van der Waals surface area contributed by atoms with Crippen LogP contribution >= 0.6 is 0 Å². The highest BCUT2D eigenvalue weighted by molar-refractivity contribution is 5.34. The maximum absolute atomic E-state index is 9.57. The molecule has 0 aliphatic carbocycles. The molecule has 0 radical (unpaired) electrons. The lowest BCUT2D eigenvalue weighted by Gasteiger charge is -2.14. The first-order chi connectivity index (χ1) is 6.61. The van der Waals surface area contributed by atoms with Crippen molar-refractivity contribution in [3.05, 3.63) is 29.8 Å². The molecule has 0 aliphatic heterocycles. The Labute approximate surface area is 85.8 Å². The van der Waals surface area contributed by atoms with Gasteiger partial charge < -0.3 is 10.8 Å². The standard InChI is InChI=1S/C12H19NO/c1-9(2)7-8-11(13)10-5-3-4-6-12(10)14/h3-6,9,11,14H,7-8,13H2,1-2H3/t11-/m1/s1. The summed E-state index contributed by atoms with van der Waals surface area (Å²) in [5.41, 5.74) is 6.84. The van der Waals surface area contributed by atoms with E-state index in [0.29, 0.717) is 11.7 Å². The lowest BCUT2D eigenvalue weighted by molar-refractivity contribution is 0.448. The third kappa shape index (κ3) is 3.04. The summed E-state index contributed by atoms with van der Waals surface area (Å²) < 4.78 is 0. The Kier molecular flexibility index (Phi) is 3.96. The molecule has 0 saturated heterocycles. The van der Waals surface area contributed by atoms with Gasteiger partial charge in [-0.15, -0.1) is 0 Å². The van der Waals surface area contributed by atoms with Crippen molar-refractivity contribution in [2.75, 3.05) is 0 Å². The average molecular weight is 193 g/mol. The molecule has 1 rings (SSSR count). The van der Waals surface area contributed by atoms with E-state index in [0.717, 1.165) is 18.4 Å². The van der Waals surface area contributed by atoms with Gasteiger partial charge in [0.15, 0.2) is 0 Å². The van der Waals surface area contributed by atoms with E-state index in [4.69, 9.17) is 5.73 Å². The summed E-state index contributed by atoms with van der Waals surface area (Å²) in [4.78, 5) is 0. The minimum Gasteiger partial charge on any atom is -0.508 e. The molecule has 2 heteroatoms. The number of benzene rings is 1. The zero-order valence-corrected chi connectivity index (χ0v) is 8.90. The number of hydrogen-bond acceptors (Lipinski definition) is 2. The van der Waals surface area contributed by atoms with E-state index in [-0.39, 0.29) is 6.04 Å². The lowest BCUT2D eigenvalue weighted by atomic mass is 9.98. The Morgan fingerprint density at radius 1 is 1.21 bits per heavy atom. The average Bonchev–Trinajstić information content (AvgIpc) is 2.15. The second-order valence-corrected chi connectivity index (χ2v) is 4.14. The molecule has 3 N–H and O–H groups in total. The van der Waals surface area contributed by atoms with E-state index in [2.05, 4.69) is 13.8 Å². The minimum atomic E-state index is -0.0430. The Bertz CT molecular complexity index is 283. The number of phenols is 1. The van der Waals surface area contributed by atoms with Crippen LogP contribution in [0.15, 0.2) is 24.3 Å². The van der Waals surface area contributed by atoms with Gasteiger partial charge >= 0.3 is 0 Å². The van der Waals surface area contributed by atoms with E-state index in [1.165, 1.54) is 0 Å². The van der Waals surface area contributed by atoms with Crippen LogP contribution in [-0.4, -0.2) is 5.11 Å². The molecule has 0 saturated carbocycles. The largest absolute Gasteiger partial charge is 0.508 e. The zero-order chi connectivity index (χ0) is 10.6. The molecular weight excluding hydrogens is 174 g/mol. The molecule has 0 aromatic heterocycles. The van der Waals surface area contributed by atoms with E-state index < -0.39 is 0 Å². The molecule has 2 nitrogen and oxygen atoms in total. The molecule has 0 heterocycles. The van der Waals surface area contributed by atoms with Crippen molar-refractivity contribution in [1.82, 2.24) is 0 Å². The van der Waals surface area contributed by atoms with Gasteiger partial charge in [-0.25, -0.2) is 0 Å². The van der Waals surface area contributed by atoms with Gasteiger partial charge in [0.05, 0.1) is 0 Å². The van der Waals surface area contributed by atoms with Gasteiger partial charge in [-0.05, 0) is 24.8 Å². The highest BCUT2D eigenvalue weighted by Gasteiger charge is 2.10. The zero-order valence-electron chi connectivity index (χ0n) is 8.90. The van der Waals surface area contributed by atoms with Gasteiger partial charge in [-0.1, -0.05) is 32.0 Å². The predicted octanol–water partition coefficient (Wildman–Crippen LogP) is 2.83. The van der Waals surface area contributed by atoms with Crippen molar-refractivity contribution in [3.8, 4) is 5.75 Å². The minimum absolute atomic E-state index is 0.0430. The second-order valence-electron chi connectivity index (χ2n) is 4.14. The summed E-state index contributed by atoms with van der Waals surface area (Å²) in [5, 5.41) is 9.57. The molecule has 1 atom stereocenters. The molecule has 1 aromatic rings. The SMILES string of the molecule is CC(C)CC[C@@H](N)c1ccccc1O. The van der Waals surface area contributed by atoms with Gasteiger partial charge in [-0.3, -0.25) is 0 Å². The summed E-state index contributed by atoms with van der Waals surface area (Å²) in [6.45, 7) is 4.36. The van der Waals surface area contributed by atoms with Crippen LogP contribution in [0.25, 0.3) is 0 Å². The molecule has 0 fully saturated rings. The highest BCUT2D eigenvalue weighted by Crippen LogP contribution is 2.25. The smallest absolute Gasteiger partial charge is 0.120 e.